The highest BCUT2D eigenvalue weighted by Gasteiger charge is 2.17. The van der Waals surface area contributed by atoms with Crippen LogP contribution in [0.4, 0.5) is 0 Å². The fraction of sp³-hybridized carbons (Fsp3) is 0.238. The van der Waals surface area contributed by atoms with Crippen molar-refractivity contribution >= 4 is 5.71 Å². The molecule has 5 nitrogen and oxygen atoms in total. The second-order valence-electron chi connectivity index (χ2n) is 6.16. The number of benzene rings is 2. The van der Waals surface area contributed by atoms with Crippen molar-refractivity contribution in [3.8, 4) is 5.75 Å². The van der Waals surface area contributed by atoms with Gasteiger partial charge >= 0.3 is 0 Å². The summed E-state index contributed by atoms with van der Waals surface area (Å²) in [6.07, 6.45) is 0. The maximum Gasteiger partial charge on any atom is 0.139 e. The number of aromatic nitrogens is 1. The van der Waals surface area contributed by atoms with E-state index in [1.165, 1.54) is 12.7 Å². The molecule has 0 aliphatic carbocycles. The Balaban J connectivity index is 1.92. The van der Waals surface area contributed by atoms with Gasteiger partial charge in [-0.25, -0.2) is 0 Å². The van der Waals surface area contributed by atoms with Crippen molar-refractivity contribution in [1.82, 2.24) is 5.16 Å². The molecule has 1 aromatic heterocycles. The summed E-state index contributed by atoms with van der Waals surface area (Å²) in [5.74, 6) is 1.59. The predicted molar refractivity (Wildman–Crippen MR) is 101 cm³/mol. The summed E-state index contributed by atoms with van der Waals surface area (Å²) in [5, 5.41) is 8.23. The van der Waals surface area contributed by atoms with Gasteiger partial charge in [-0.05, 0) is 43.5 Å². The Kier molecular flexibility index (Phi) is 5.37. The van der Waals surface area contributed by atoms with E-state index in [1.807, 2.05) is 50.2 Å². The fourth-order valence-corrected chi connectivity index (χ4v) is 2.70. The van der Waals surface area contributed by atoms with Gasteiger partial charge in [0.15, 0.2) is 0 Å². The zero-order valence-corrected chi connectivity index (χ0v) is 15.4. The van der Waals surface area contributed by atoms with Crippen LogP contribution in [0.25, 0.3) is 0 Å². The minimum Gasteiger partial charge on any atom is -0.489 e. The van der Waals surface area contributed by atoms with Crippen LogP contribution < -0.4 is 4.74 Å². The van der Waals surface area contributed by atoms with Crippen LogP contribution in [-0.2, 0) is 11.4 Å². The second kappa shape index (κ2) is 7.87. The fourth-order valence-electron chi connectivity index (χ4n) is 2.70. The van der Waals surface area contributed by atoms with Crippen molar-refractivity contribution < 1.29 is 14.1 Å². The molecule has 0 fully saturated rings. The van der Waals surface area contributed by atoms with Gasteiger partial charge in [0, 0.05) is 11.6 Å². The van der Waals surface area contributed by atoms with E-state index >= 15 is 0 Å². The zero-order chi connectivity index (χ0) is 18.5. The Labute approximate surface area is 153 Å². The van der Waals surface area contributed by atoms with E-state index in [0.717, 1.165) is 22.4 Å². The first-order valence-corrected chi connectivity index (χ1v) is 8.41. The van der Waals surface area contributed by atoms with E-state index in [0.29, 0.717) is 23.8 Å². The van der Waals surface area contributed by atoms with Crippen molar-refractivity contribution in [2.24, 2.45) is 5.16 Å². The van der Waals surface area contributed by atoms with Gasteiger partial charge in [0.25, 0.3) is 0 Å². The van der Waals surface area contributed by atoms with Crippen molar-refractivity contribution in [2.45, 2.75) is 27.4 Å². The summed E-state index contributed by atoms with van der Waals surface area (Å²) >= 11 is 0. The van der Waals surface area contributed by atoms with Crippen LogP contribution in [0.3, 0.4) is 0 Å². The number of nitrogens with zero attached hydrogens (tertiary/aromatic N) is 2. The van der Waals surface area contributed by atoms with E-state index < -0.39 is 0 Å². The highest BCUT2D eigenvalue weighted by atomic mass is 16.6. The van der Waals surface area contributed by atoms with Crippen LogP contribution in [0.1, 0.15) is 33.7 Å². The Hall–Kier alpha value is -3.08. The first kappa shape index (κ1) is 17.7. The molecule has 3 rings (SSSR count). The number of rotatable bonds is 6. The SMILES string of the molecule is CO/N=C(/c1cc(C)on1)c1ccccc1COc1cc(C)ccc1C. The number of hydrogen-bond acceptors (Lipinski definition) is 5. The van der Waals surface area contributed by atoms with Crippen molar-refractivity contribution in [3.63, 3.8) is 0 Å². The lowest BCUT2D eigenvalue weighted by atomic mass is 10.0. The third kappa shape index (κ3) is 3.94. The predicted octanol–water partition coefficient (Wildman–Crippen LogP) is 4.58. The summed E-state index contributed by atoms with van der Waals surface area (Å²) in [4.78, 5) is 5.04. The second-order valence-corrected chi connectivity index (χ2v) is 6.16. The summed E-state index contributed by atoms with van der Waals surface area (Å²) < 4.78 is 11.3. The number of aryl methyl sites for hydroxylation is 3. The van der Waals surface area contributed by atoms with Crippen molar-refractivity contribution in [3.05, 3.63) is 82.2 Å². The average molecular weight is 350 g/mol. The third-order valence-corrected chi connectivity index (χ3v) is 4.05. The van der Waals surface area contributed by atoms with E-state index in [4.69, 9.17) is 14.1 Å². The van der Waals surface area contributed by atoms with Crippen molar-refractivity contribution in [1.29, 1.82) is 0 Å². The number of ether oxygens (including phenoxy) is 1. The maximum absolute atomic E-state index is 6.07. The molecule has 1 heterocycles. The Morgan fingerprint density at radius 1 is 1.08 bits per heavy atom. The van der Waals surface area contributed by atoms with Gasteiger partial charge in [0.1, 0.15) is 36.6 Å². The van der Waals surface area contributed by atoms with Crippen LogP contribution in [-0.4, -0.2) is 18.0 Å². The Morgan fingerprint density at radius 3 is 2.62 bits per heavy atom. The molecule has 3 aromatic rings. The standard InChI is InChI=1S/C21H22N2O3/c1-14-9-10-15(2)20(11-14)25-13-17-7-5-6-8-18(17)21(23-24-4)19-12-16(3)26-22-19/h5-12H,13H2,1-4H3/b23-21+. The van der Waals surface area contributed by atoms with E-state index in [9.17, 15) is 0 Å². The van der Waals surface area contributed by atoms with Crippen LogP contribution in [0.5, 0.6) is 5.75 Å². The van der Waals surface area contributed by atoms with Gasteiger partial charge in [0.2, 0.25) is 0 Å². The molecule has 0 spiro atoms. The summed E-state index contributed by atoms with van der Waals surface area (Å²) in [7, 11) is 1.52. The quantitative estimate of drug-likeness (QED) is 0.482. The van der Waals surface area contributed by atoms with Gasteiger partial charge in [-0.15, -0.1) is 0 Å². The monoisotopic (exact) mass is 350 g/mol. The molecule has 0 saturated heterocycles. The van der Waals surface area contributed by atoms with Gasteiger partial charge in [-0.2, -0.15) is 0 Å². The minimum atomic E-state index is 0.417. The molecule has 0 aliphatic heterocycles. The van der Waals surface area contributed by atoms with E-state index in [-0.39, 0.29) is 0 Å². The van der Waals surface area contributed by atoms with Crippen LogP contribution >= 0.6 is 0 Å². The molecular formula is C21H22N2O3. The highest BCUT2D eigenvalue weighted by Crippen LogP contribution is 2.22. The molecule has 0 aliphatic rings. The molecule has 0 unspecified atom stereocenters. The van der Waals surface area contributed by atoms with Crippen LogP contribution in [0.2, 0.25) is 0 Å². The Bertz CT molecular complexity index is 929. The Morgan fingerprint density at radius 2 is 1.88 bits per heavy atom. The van der Waals surface area contributed by atoms with Gasteiger partial charge in [0.05, 0.1) is 0 Å². The topological polar surface area (TPSA) is 56.9 Å². The smallest absolute Gasteiger partial charge is 0.139 e. The largest absolute Gasteiger partial charge is 0.489 e. The maximum atomic E-state index is 6.07. The van der Waals surface area contributed by atoms with Gasteiger partial charge in [-0.3, -0.25) is 0 Å². The lowest BCUT2D eigenvalue weighted by molar-refractivity contribution is 0.213. The molecule has 134 valence electrons. The number of oxime groups is 1. The highest BCUT2D eigenvalue weighted by molar-refractivity contribution is 6.12. The molecule has 0 bridgehead atoms. The van der Waals surface area contributed by atoms with Crippen LogP contribution in [0, 0.1) is 20.8 Å². The lowest BCUT2D eigenvalue weighted by Crippen LogP contribution is -2.10. The van der Waals surface area contributed by atoms with Crippen LogP contribution in [0.15, 0.2) is 58.2 Å². The normalized spacial score (nSPS) is 11.5. The summed E-state index contributed by atoms with van der Waals surface area (Å²) in [5.41, 5.74) is 5.40. The molecule has 0 N–H and O–H groups in total. The molecule has 0 saturated carbocycles. The minimum absolute atomic E-state index is 0.417. The van der Waals surface area contributed by atoms with E-state index in [2.05, 4.69) is 29.4 Å². The molecule has 2 aromatic carbocycles. The molecular weight excluding hydrogens is 328 g/mol. The molecule has 0 radical (unpaired) electrons. The molecule has 0 amide bonds. The van der Waals surface area contributed by atoms with Crippen molar-refractivity contribution in [2.75, 3.05) is 7.11 Å². The first-order valence-electron chi connectivity index (χ1n) is 8.41. The molecule has 0 atom stereocenters. The summed E-state index contributed by atoms with van der Waals surface area (Å²) in [6, 6.07) is 15.9. The van der Waals surface area contributed by atoms with Gasteiger partial charge in [-0.1, -0.05) is 46.7 Å². The third-order valence-electron chi connectivity index (χ3n) is 4.05. The zero-order valence-electron chi connectivity index (χ0n) is 15.4. The van der Waals surface area contributed by atoms with E-state index in [1.54, 1.807) is 0 Å². The summed E-state index contributed by atoms with van der Waals surface area (Å²) in [6.45, 7) is 6.35. The van der Waals surface area contributed by atoms with Gasteiger partial charge < -0.3 is 14.1 Å². The molecule has 5 heteroatoms. The lowest BCUT2D eigenvalue weighted by Gasteiger charge is -2.13. The molecule has 26 heavy (non-hydrogen) atoms. The average Bonchev–Trinajstić information content (AvgIpc) is 3.07. The number of hydrogen-bond donors (Lipinski definition) is 0. The first-order chi connectivity index (χ1) is 12.6.